The summed E-state index contributed by atoms with van der Waals surface area (Å²) in [6.07, 6.45) is 3.62. The lowest BCUT2D eigenvalue weighted by molar-refractivity contribution is 0.555. The molecule has 2 aromatic rings. The quantitative estimate of drug-likeness (QED) is 0.650. The number of nitrogens with one attached hydrogen (secondary N) is 3. The van der Waals surface area contributed by atoms with E-state index in [1.807, 2.05) is 18.2 Å². The zero-order chi connectivity index (χ0) is 13.1. The summed E-state index contributed by atoms with van der Waals surface area (Å²) in [4.78, 5) is 13.7. The molecule has 1 aliphatic rings. The molecule has 1 fully saturated rings. The summed E-state index contributed by atoms with van der Waals surface area (Å²) in [6, 6.07) is 6.60. The van der Waals surface area contributed by atoms with Crippen molar-refractivity contribution in [1.82, 2.24) is 15.6 Å². The van der Waals surface area contributed by atoms with E-state index in [-0.39, 0.29) is 0 Å². The summed E-state index contributed by atoms with van der Waals surface area (Å²) >= 11 is 0. The van der Waals surface area contributed by atoms with Gasteiger partial charge in [0.15, 0.2) is 5.58 Å². The van der Waals surface area contributed by atoms with Gasteiger partial charge < -0.3 is 15.1 Å². The van der Waals surface area contributed by atoms with E-state index in [1.165, 1.54) is 18.4 Å². The molecule has 1 aliphatic carbocycles. The van der Waals surface area contributed by atoms with Crippen LogP contribution in [-0.2, 0) is 6.42 Å². The van der Waals surface area contributed by atoms with Crippen molar-refractivity contribution in [3.63, 3.8) is 0 Å². The van der Waals surface area contributed by atoms with Crippen LogP contribution in [0.4, 0.5) is 0 Å². The molecule has 0 aliphatic heterocycles. The first-order chi connectivity index (χ1) is 9.31. The summed E-state index contributed by atoms with van der Waals surface area (Å²) in [5, 5.41) is 6.88. The van der Waals surface area contributed by atoms with Gasteiger partial charge in [-0.05, 0) is 43.5 Å². The number of benzene rings is 1. The Morgan fingerprint density at radius 3 is 3.00 bits per heavy atom. The predicted octanol–water partition coefficient (Wildman–Crippen LogP) is 1.01. The molecule has 0 bridgehead atoms. The third-order valence-electron chi connectivity index (χ3n) is 3.39. The van der Waals surface area contributed by atoms with Gasteiger partial charge in [-0.25, -0.2) is 4.79 Å². The third-order valence-corrected chi connectivity index (χ3v) is 3.39. The maximum atomic E-state index is 11.1. The first-order valence-electron chi connectivity index (χ1n) is 6.87. The Balaban J connectivity index is 1.43. The molecule has 0 unspecified atom stereocenters. The molecular formula is C14H19N3O2. The van der Waals surface area contributed by atoms with Gasteiger partial charge in [-0.2, -0.15) is 0 Å². The largest absolute Gasteiger partial charge is 0.417 e. The minimum atomic E-state index is -0.392. The van der Waals surface area contributed by atoms with Crippen molar-refractivity contribution in [2.75, 3.05) is 19.6 Å². The van der Waals surface area contributed by atoms with Gasteiger partial charge in [0.1, 0.15) is 0 Å². The molecule has 1 aromatic heterocycles. The van der Waals surface area contributed by atoms with Gasteiger partial charge in [-0.15, -0.1) is 0 Å². The highest BCUT2D eigenvalue weighted by Crippen LogP contribution is 2.17. The number of hydrogen-bond donors (Lipinski definition) is 3. The van der Waals surface area contributed by atoms with Crippen molar-refractivity contribution in [1.29, 1.82) is 0 Å². The molecule has 3 rings (SSSR count). The summed E-state index contributed by atoms with van der Waals surface area (Å²) in [5.41, 5.74) is 2.60. The smallest absolute Gasteiger partial charge is 0.408 e. The maximum Gasteiger partial charge on any atom is 0.417 e. The van der Waals surface area contributed by atoms with E-state index in [1.54, 1.807) is 0 Å². The van der Waals surface area contributed by atoms with Crippen molar-refractivity contribution < 1.29 is 4.42 Å². The van der Waals surface area contributed by atoms with E-state index in [9.17, 15) is 4.79 Å². The Kier molecular flexibility index (Phi) is 3.66. The summed E-state index contributed by atoms with van der Waals surface area (Å²) in [6.45, 7) is 2.99. The Labute approximate surface area is 111 Å². The Hall–Kier alpha value is -1.59. The number of rotatable bonds is 7. The van der Waals surface area contributed by atoms with Gasteiger partial charge in [0, 0.05) is 19.1 Å². The number of H-pyrrole nitrogens is 1. The maximum absolute atomic E-state index is 11.1. The number of fused-ring (bicyclic) bond motifs is 1. The molecular weight excluding hydrogens is 242 g/mol. The van der Waals surface area contributed by atoms with E-state index >= 15 is 0 Å². The van der Waals surface area contributed by atoms with Gasteiger partial charge in [0.25, 0.3) is 0 Å². The topological polar surface area (TPSA) is 70.1 Å². The van der Waals surface area contributed by atoms with Gasteiger partial charge in [0.05, 0.1) is 5.52 Å². The average molecular weight is 261 g/mol. The van der Waals surface area contributed by atoms with Crippen LogP contribution in [0.15, 0.2) is 27.4 Å². The molecule has 0 atom stereocenters. The molecule has 1 saturated carbocycles. The molecule has 0 spiro atoms. The molecule has 19 heavy (non-hydrogen) atoms. The van der Waals surface area contributed by atoms with Crippen LogP contribution in [0.1, 0.15) is 18.4 Å². The minimum Gasteiger partial charge on any atom is -0.408 e. The lowest BCUT2D eigenvalue weighted by Gasteiger charge is -2.05. The molecule has 3 N–H and O–H groups in total. The highest BCUT2D eigenvalue weighted by Gasteiger charge is 2.19. The molecule has 102 valence electrons. The SMILES string of the molecule is O=c1[nH]c2cc(CCNCCNC3CC3)ccc2o1. The van der Waals surface area contributed by atoms with Crippen LogP contribution in [-0.4, -0.2) is 30.7 Å². The number of aromatic nitrogens is 1. The lowest BCUT2D eigenvalue weighted by atomic mass is 10.1. The van der Waals surface area contributed by atoms with Gasteiger partial charge in [-0.3, -0.25) is 4.98 Å². The van der Waals surface area contributed by atoms with Gasteiger partial charge in [-0.1, -0.05) is 6.07 Å². The monoisotopic (exact) mass is 261 g/mol. The molecule has 5 nitrogen and oxygen atoms in total. The summed E-state index contributed by atoms with van der Waals surface area (Å²) < 4.78 is 4.97. The fourth-order valence-corrected chi connectivity index (χ4v) is 2.16. The van der Waals surface area contributed by atoms with E-state index < -0.39 is 5.76 Å². The second-order valence-electron chi connectivity index (χ2n) is 5.07. The highest BCUT2D eigenvalue weighted by atomic mass is 16.4. The first-order valence-corrected chi connectivity index (χ1v) is 6.87. The number of aromatic amines is 1. The van der Waals surface area contributed by atoms with Crippen molar-refractivity contribution in [2.24, 2.45) is 0 Å². The van der Waals surface area contributed by atoms with Crippen molar-refractivity contribution in [2.45, 2.75) is 25.3 Å². The zero-order valence-corrected chi connectivity index (χ0v) is 10.9. The predicted molar refractivity (Wildman–Crippen MR) is 74.4 cm³/mol. The van der Waals surface area contributed by atoms with Gasteiger partial charge >= 0.3 is 5.76 Å². The van der Waals surface area contributed by atoms with Crippen LogP contribution >= 0.6 is 0 Å². The van der Waals surface area contributed by atoms with E-state index in [0.29, 0.717) is 5.58 Å². The second kappa shape index (κ2) is 5.59. The average Bonchev–Trinajstić information content (AvgIpc) is 3.14. The number of hydrogen-bond acceptors (Lipinski definition) is 4. The number of oxazole rings is 1. The summed E-state index contributed by atoms with van der Waals surface area (Å²) in [7, 11) is 0. The first kappa shape index (κ1) is 12.4. The van der Waals surface area contributed by atoms with Crippen LogP contribution in [0.25, 0.3) is 11.1 Å². The fourth-order valence-electron chi connectivity index (χ4n) is 2.16. The van der Waals surface area contributed by atoms with Crippen LogP contribution in [0, 0.1) is 0 Å². The van der Waals surface area contributed by atoms with Crippen LogP contribution in [0.2, 0.25) is 0 Å². The molecule has 1 aromatic carbocycles. The van der Waals surface area contributed by atoms with Crippen molar-refractivity contribution >= 4 is 11.1 Å². The van der Waals surface area contributed by atoms with E-state index in [0.717, 1.165) is 37.6 Å². The lowest BCUT2D eigenvalue weighted by Crippen LogP contribution is -2.29. The standard InChI is InChI=1S/C14H19N3O2/c18-14-17-12-9-10(1-4-13(12)19-14)5-6-15-7-8-16-11-2-3-11/h1,4,9,11,15-16H,2-3,5-8H2,(H,17,18). The van der Waals surface area contributed by atoms with E-state index in [4.69, 9.17) is 4.42 Å². The van der Waals surface area contributed by atoms with Crippen LogP contribution < -0.4 is 16.4 Å². The Bertz CT molecular complexity index is 598. The summed E-state index contributed by atoms with van der Waals surface area (Å²) in [5.74, 6) is -0.392. The van der Waals surface area contributed by atoms with Crippen LogP contribution in [0.3, 0.4) is 0 Å². The molecule has 1 heterocycles. The highest BCUT2D eigenvalue weighted by molar-refractivity contribution is 5.72. The normalized spacial score (nSPS) is 15.2. The molecule has 5 heteroatoms. The second-order valence-corrected chi connectivity index (χ2v) is 5.07. The Morgan fingerprint density at radius 1 is 1.26 bits per heavy atom. The third kappa shape index (κ3) is 3.45. The van der Waals surface area contributed by atoms with Crippen molar-refractivity contribution in [3.8, 4) is 0 Å². The Morgan fingerprint density at radius 2 is 2.16 bits per heavy atom. The fraction of sp³-hybridized carbons (Fsp3) is 0.500. The van der Waals surface area contributed by atoms with Crippen molar-refractivity contribution in [3.05, 3.63) is 34.3 Å². The molecule has 0 saturated heterocycles. The van der Waals surface area contributed by atoms with Crippen LogP contribution in [0.5, 0.6) is 0 Å². The minimum absolute atomic E-state index is 0.392. The van der Waals surface area contributed by atoms with E-state index in [2.05, 4.69) is 15.6 Å². The van der Waals surface area contributed by atoms with Gasteiger partial charge in [0.2, 0.25) is 0 Å². The zero-order valence-electron chi connectivity index (χ0n) is 10.9. The molecule has 0 amide bonds. The molecule has 0 radical (unpaired) electrons.